The number of rotatable bonds is 7. The number of non-ortho nitro benzene ring substituents is 1. The molecule has 1 N–H and O–H groups in total. The van der Waals surface area contributed by atoms with Gasteiger partial charge in [0.2, 0.25) is 5.91 Å². The van der Waals surface area contributed by atoms with E-state index in [1.54, 1.807) is 18.2 Å². The van der Waals surface area contributed by atoms with Gasteiger partial charge in [0.15, 0.2) is 0 Å². The second kappa shape index (κ2) is 7.85. The Hall–Kier alpha value is -2.47. The third-order valence-electron chi connectivity index (χ3n) is 2.53. The molecular weight excluding hydrogens is 260 g/mol. The van der Waals surface area contributed by atoms with Gasteiger partial charge in [-0.25, -0.2) is 0 Å². The largest absolute Gasteiger partial charge is 0.395 e. The van der Waals surface area contributed by atoms with E-state index in [1.165, 1.54) is 29.2 Å². The Morgan fingerprint density at radius 1 is 1.50 bits per heavy atom. The quantitative estimate of drug-likeness (QED) is 0.355. The number of hydrogen-bond donors (Lipinski definition) is 1. The van der Waals surface area contributed by atoms with Gasteiger partial charge in [-0.3, -0.25) is 14.9 Å². The smallest absolute Gasteiger partial charge is 0.270 e. The minimum atomic E-state index is -0.491. The first-order valence-electron chi connectivity index (χ1n) is 6.01. The van der Waals surface area contributed by atoms with E-state index in [9.17, 15) is 14.9 Å². The van der Waals surface area contributed by atoms with E-state index in [2.05, 4.69) is 6.58 Å². The summed E-state index contributed by atoms with van der Waals surface area (Å²) in [5, 5.41) is 19.5. The molecule has 6 heteroatoms. The Kier molecular flexibility index (Phi) is 6.12. The van der Waals surface area contributed by atoms with E-state index in [-0.39, 0.29) is 24.7 Å². The normalized spacial score (nSPS) is 10.4. The van der Waals surface area contributed by atoms with Crippen LogP contribution in [0.15, 0.2) is 43.0 Å². The SMILES string of the molecule is C=CCN(CCO)C(=O)/C=C/c1cccc([N+](=O)[O-])c1. The minimum absolute atomic E-state index is 0.0297. The third-order valence-corrected chi connectivity index (χ3v) is 2.53. The summed E-state index contributed by atoms with van der Waals surface area (Å²) in [6, 6.07) is 5.99. The zero-order valence-corrected chi connectivity index (χ0v) is 10.9. The monoisotopic (exact) mass is 276 g/mol. The summed E-state index contributed by atoms with van der Waals surface area (Å²) in [7, 11) is 0. The molecule has 0 aliphatic rings. The molecule has 0 atom stereocenters. The maximum Gasteiger partial charge on any atom is 0.270 e. The highest BCUT2D eigenvalue weighted by molar-refractivity contribution is 5.92. The predicted octanol–water partition coefficient (Wildman–Crippen LogP) is 1.61. The molecule has 0 saturated heterocycles. The number of nitro benzene ring substituents is 1. The Balaban J connectivity index is 2.80. The van der Waals surface area contributed by atoms with Crippen LogP contribution in [0.4, 0.5) is 5.69 Å². The third kappa shape index (κ3) is 4.66. The van der Waals surface area contributed by atoms with E-state index in [4.69, 9.17) is 5.11 Å². The van der Waals surface area contributed by atoms with Crippen LogP contribution in [0.25, 0.3) is 6.08 Å². The fraction of sp³-hybridized carbons (Fsp3) is 0.214. The van der Waals surface area contributed by atoms with Crippen LogP contribution >= 0.6 is 0 Å². The summed E-state index contributed by atoms with van der Waals surface area (Å²) < 4.78 is 0. The van der Waals surface area contributed by atoms with Gasteiger partial charge in [0.25, 0.3) is 5.69 Å². The molecule has 0 spiro atoms. The Morgan fingerprint density at radius 2 is 2.25 bits per heavy atom. The lowest BCUT2D eigenvalue weighted by atomic mass is 10.2. The van der Waals surface area contributed by atoms with Gasteiger partial charge in [-0.1, -0.05) is 18.2 Å². The molecule has 1 rings (SSSR count). The zero-order chi connectivity index (χ0) is 15.0. The summed E-state index contributed by atoms with van der Waals surface area (Å²) in [5.41, 5.74) is 0.535. The van der Waals surface area contributed by atoms with Crippen LogP contribution < -0.4 is 0 Å². The van der Waals surface area contributed by atoms with Crippen LogP contribution in [0.2, 0.25) is 0 Å². The van der Waals surface area contributed by atoms with Gasteiger partial charge in [0, 0.05) is 31.3 Å². The van der Waals surface area contributed by atoms with Crippen LogP contribution in [0, 0.1) is 10.1 Å². The Morgan fingerprint density at radius 3 is 2.85 bits per heavy atom. The molecule has 1 amide bonds. The molecule has 0 fully saturated rings. The van der Waals surface area contributed by atoms with Crippen LogP contribution in [0.3, 0.4) is 0 Å². The molecule has 106 valence electrons. The highest BCUT2D eigenvalue weighted by atomic mass is 16.6. The van der Waals surface area contributed by atoms with Gasteiger partial charge in [-0.05, 0) is 11.6 Å². The number of aliphatic hydroxyl groups is 1. The fourth-order valence-electron chi connectivity index (χ4n) is 1.58. The number of aliphatic hydroxyl groups excluding tert-OH is 1. The number of amides is 1. The molecule has 1 aromatic carbocycles. The average Bonchev–Trinajstić information content (AvgIpc) is 2.45. The van der Waals surface area contributed by atoms with Gasteiger partial charge < -0.3 is 10.0 Å². The summed E-state index contributed by atoms with van der Waals surface area (Å²) in [4.78, 5) is 23.4. The summed E-state index contributed by atoms with van der Waals surface area (Å²) in [5.74, 6) is -0.287. The molecule has 0 saturated carbocycles. The van der Waals surface area contributed by atoms with Crippen molar-refractivity contribution in [2.45, 2.75) is 0 Å². The average molecular weight is 276 g/mol. The molecule has 0 aromatic heterocycles. The second-order valence-electron chi connectivity index (χ2n) is 3.98. The summed E-state index contributed by atoms with van der Waals surface area (Å²) in [6.45, 7) is 3.95. The van der Waals surface area contributed by atoms with Gasteiger partial charge >= 0.3 is 0 Å². The Bertz CT molecular complexity index is 526. The number of benzene rings is 1. The molecule has 0 heterocycles. The summed E-state index contributed by atoms with van der Waals surface area (Å²) in [6.07, 6.45) is 4.38. The fourth-order valence-corrected chi connectivity index (χ4v) is 1.58. The van der Waals surface area contributed by atoms with E-state index in [0.29, 0.717) is 12.1 Å². The van der Waals surface area contributed by atoms with E-state index < -0.39 is 4.92 Å². The first kappa shape index (κ1) is 15.6. The van der Waals surface area contributed by atoms with Gasteiger partial charge in [-0.15, -0.1) is 6.58 Å². The molecular formula is C14H16N2O4. The number of nitro groups is 1. The molecule has 20 heavy (non-hydrogen) atoms. The number of nitrogens with zero attached hydrogens (tertiary/aromatic N) is 2. The maximum atomic E-state index is 11.9. The lowest BCUT2D eigenvalue weighted by molar-refractivity contribution is -0.384. The van der Waals surface area contributed by atoms with Crippen molar-refractivity contribution in [1.29, 1.82) is 0 Å². The number of carbonyl (C=O) groups is 1. The minimum Gasteiger partial charge on any atom is -0.395 e. The molecule has 0 aliphatic carbocycles. The molecule has 6 nitrogen and oxygen atoms in total. The van der Waals surface area contributed by atoms with Crippen molar-refractivity contribution >= 4 is 17.7 Å². The highest BCUT2D eigenvalue weighted by Gasteiger charge is 2.08. The lowest BCUT2D eigenvalue weighted by Crippen LogP contribution is -2.32. The van der Waals surface area contributed by atoms with Crippen LogP contribution in [0.1, 0.15) is 5.56 Å². The van der Waals surface area contributed by atoms with Crippen LogP contribution in [-0.4, -0.2) is 40.5 Å². The van der Waals surface area contributed by atoms with E-state index in [1.807, 2.05) is 0 Å². The standard InChI is InChI=1S/C14H16N2O4/c1-2-8-15(9-10-17)14(18)7-6-12-4-3-5-13(11-12)16(19)20/h2-7,11,17H,1,8-10H2/b7-6+. The molecule has 0 radical (unpaired) electrons. The Labute approximate surface area is 116 Å². The van der Waals surface area contributed by atoms with Crippen LogP contribution in [0.5, 0.6) is 0 Å². The molecule has 0 unspecified atom stereocenters. The van der Waals surface area contributed by atoms with Crippen molar-refractivity contribution < 1.29 is 14.8 Å². The van der Waals surface area contributed by atoms with Crippen molar-refractivity contribution in [1.82, 2.24) is 4.90 Å². The van der Waals surface area contributed by atoms with Crippen LogP contribution in [-0.2, 0) is 4.79 Å². The van der Waals surface area contributed by atoms with Gasteiger partial charge in [0.05, 0.1) is 11.5 Å². The van der Waals surface area contributed by atoms with Crippen molar-refractivity contribution in [3.05, 3.63) is 58.7 Å². The highest BCUT2D eigenvalue weighted by Crippen LogP contribution is 2.14. The topological polar surface area (TPSA) is 83.7 Å². The lowest BCUT2D eigenvalue weighted by Gasteiger charge is -2.17. The first-order chi connectivity index (χ1) is 9.58. The predicted molar refractivity (Wildman–Crippen MR) is 76.0 cm³/mol. The van der Waals surface area contributed by atoms with Gasteiger partial charge in [0.1, 0.15) is 0 Å². The van der Waals surface area contributed by atoms with E-state index >= 15 is 0 Å². The zero-order valence-electron chi connectivity index (χ0n) is 10.9. The van der Waals surface area contributed by atoms with Crippen molar-refractivity contribution in [2.24, 2.45) is 0 Å². The van der Waals surface area contributed by atoms with Gasteiger partial charge in [-0.2, -0.15) is 0 Å². The number of carbonyl (C=O) groups excluding carboxylic acids is 1. The van der Waals surface area contributed by atoms with Crippen molar-refractivity contribution in [3.63, 3.8) is 0 Å². The van der Waals surface area contributed by atoms with Crippen molar-refractivity contribution in [3.8, 4) is 0 Å². The maximum absolute atomic E-state index is 11.9. The summed E-state index contributed by atoms with van der Waals surface area (Å²) >= 11 is 0. The first-order valence-corrected chi connectivity index (χ1v) is 6.01. The molecule has 0 bridgehead atoms. The second-order valence-corrected chi connectivity index (χ2v) is 3.98. The van der Waals surface area contributed by atoms with Crippen molar-refractivity contribution in [2.75, 3.05) is 19.7 Å². The van der Waals surface area contributed by atoms with E-state index in [0.717, 1.165) is 0 Å². The number of hydrogen-bond acceptors (Lipinski definition) is 4. The molecule has 0 aliphatic heterocycles. The molecule has 1 aromatic rings.